The fourth-order valence-electron chi connectivity index (χ4n) is 2.47. The molecule has 3 aromatic rings. The average molecular weight is 441 g/mol. The van der Waals surface area contributed by atoms with Gasteiger partial charge in [0.25, 0.3) is 5.88 Å². The van der Waals surface area contributed by atoms with Gasteiger partial charge in [0.15, 0.2) is 0 Å². The van der Waals surface area contributed by atoms with Gasteiger partial charge in [-0.15, -0.1) is 0 Å². The van der Waals surface area contributed by atoms with E-state index >= 15 is 0 Å². The number of nitrogens with one attached hydrogen (secondary N) is 1. The molecule has 0 bridgehead atoms. The summed E-state index contributed by atoms with van der Waals surface area (Å²) in [7, 11) is -2.77. The van der Waals surface area contributed by atoms with E-state index in [1.807, 2.05) is 0 Å². The molecule has 2 heterocycles. The van der Waals surface area contributed by atoms with Gasteiger partial charge >= 0.3 is 16.4 Å². The molecular weight excluding hydrogens is 423 g/mol. The van der Waals surface area contributed by atoms with Crippen LogP contribution in [-0.2, 0) is 10.2 Å². The molecule has 160 valence electrons. The van der Waals surface area contributed by atoms with Gasteiger partial charge in [-0.1, -0.05) is 25.1 Å². The Morgan fingerprint density at radius 2 is 1.80 bits per heavy atom. The van der Waals surface area contributed by atoms with E-state index < -0.39 is 34.2 Å². The Bertz CT molecular complexity index is 1130. The van der Waals surface area contributed by atoms with Crippen molar-refractivity contribution < 1.29 is 26.3 Å². The van der Waals surface area contributed by atoms with Crippen LogP contribution in [-0.4, -0.2) is 47.4 Å². The number of aromatic nitrogens is 3. The maximum atomic E-state index is 13.7. The van der Waals surface area contributed by atoms with Gasteiger partial charge in [0.1, 0.15) is 0 Å². The smallest absolute Gasteiger partial charge is 0.429 e. The highest BCUT2D eigenvalue weighted by molar-refractivity contribution is 7.90. The lowest BCUT2D eigenvalue weighted by Gasteiger charge is -2.23. The van der Waals surface area contributed by atoms with Crippen LogP contribution >= 0.6 is 0 Å². The van der Waals surface area contributed by atoms with Gasteiger partial charge in [0.2, 0.25) is 11.9 Å². The van der Waals surface area contributed by atoms with Crippen molar-refractivity contribution in [1.29, 1.82) is 0 Å². The number of fused-ring (bicyclic) bond motifs is 1. The van der Waals surface area contributed by atoms with Crippen molar-refractivity contribution in [1.82, 2.24) is 19.3 Å². The van der Waals surface area contributed by atoms with Crippen LogP contribution in [0.2, 0.25) is 0 Å². The molecule has 0 fully saturated rings. The number of para-hydroxylation sites is 2. The minimum Gasteiger partial charge on any atom is -0.457 e. The molecule has 1 unspecified atom stereocenters. The van der Waals surface area contributed by atoms with E-state index in [4.69, 9.17) is 4.74 Å². The van der Waals surface area contributed by atoms with Gasteiger partial charge in [-0.05, 0) is 18.2 Å². The van der Waals surface area contributed by atoms with Crippen molar-refractivity contribution >= 4 is 27.1 Å². The number of nitrogens with zero attached hydrogens (tertiary/aromatic N) is 4. The largest absolute Gasteiger partial charge is 0.457 e. The van der Waals surface area contributed by atoms with Gasteiger partial charge in [-0.2, -0.15) is 25.9 Å². The molecule has 0 aliphatic heterocycles. The van der Waals surface area contributed by atoms with Crippen molar-refractivity contribution in [3.63, 3.8) is 0 Å². The molecule has 0 amide bonds. The number of ether oxygens (including phenoxy) is 1. The molecule has 0 saturated carbocycles. The average Bonchev–Trinajstić information content (AvgIpc) is 2.70. The molecule has 3 rings (SSSR count). The predicted octanol–water partition coefficient (Wildman–Crippen LogP) is 3.32. The maximum absolute atomic E-state index is 13.7. The zero-order chi connectivity index (χ0) is 21.9. The number of pyridine rings is 1. The quantitative estimate of drug-likeness (QED) is 0.604. The third-order valence-electron chi connectivity index (χ3n) is 4.13. The van der Waals surface area contributed by atoms with Gasteiger partial charge < -0.3 is 4.74 Å². The number of rotatable bonds is 7. The molecule has 0 radical (unpaired) electrons. The fourth-order valence-corrected chi connectivity index (χ4v) is 3.34. The summed E-state index contributed by atoms with van der Waals surface area (Å²) in [6, 6.07) is 8.88. The molecule has 1 N–H and O–H groups in total. The summed E-state index contributed by atoms with van der Waals surface area (Å²) in [6.07, 6.45) is -4.89. The van der Waals surface area contributed by atoms with Crippen LogP contribution in [0.15, 0.2) is 48.8 Å². The Labute approximate surface area is 170 Å². The molecule has 0 aliphatic rings. The normalized spacial score (nSPS) is 13.4. The van der Waals surface area contributed by atoms with E-state index in [1.54, 1.807) is 25.1 Å². The number of hydrogen-bond acceptors (Lipinski definition) is 6. The first-order valence-corrected chi connectivity index (χ1v) is 10.2. The SMILES string of the molecule is CCN(C)S(=O)(=O)Nc1nc2ccccc2nc1OC(c1cccnc1)C(F)(F)F. The summed E-state index contributed by atoms with van der Waals surface area (Å²) in [5.74, 6) is -1.06. The summed E-state index contributed by atoms with van der Waals surface area (Å²) in [5.41, 5.74) is 0.262. The summed E-state index contributed by atoms with van der Waals surface area (Å²) < 4.78 is 74.3. The lowest BCUT2D eigenvalue weighted by atomic mass is 10.1. The van der Waals surface area contributed by atoms with E-state index in [-0.39, 0.29) is 23.1 Å². The lowest BCUT2D eigenvalue weighted by molar-refractivity contribution is -0.198. The molecule has 0 saturated heterocycles. The first kappa shape index (κ1) is 21.7. The summed E-state index contributed by atoms with van der Waals surface area (Å²) in [6.45, 7) is 1.73. The van der Waals surface area contributed by atoms with Crippen molar-refractivity contribution in [3.05, 3.63) is 54.4 Å². The number of benzene rings is 1. The van der Waals surface area contributed by atoms with Gasteiger partial charge in [0, 0.05) is 31.5 Å². The van der Waals surface area contributed by atoms with E-state index in [0.717, 1.165) is 10.5 Å². The first-order valence-electron chi connectivity index (χ1n) is 8.76. The highest BCUT2D eigenvalue weighted by atomic mass is 32.2. The highest BCUT2D eigenvalue weighted by Gasteiger charge is 2.44. The van der Waals surface area contributed by atoms with Crippen molar-refractivity contribution in [2.75, 3.05) is 18.3 Å². The number of alkyl halides is 3. The van der Waals surface area contributed by atoms with E-state index in [1.165, 1.54) is 31.4 Å². The molecule has 12 heteroatoms. The Morgan fingerprint density at radius 1 is 1.13 bits per heavy atom. The van der Waals surface area contributed by atoms with Crippen LogP contribution in [0, 0.1) is 0 Å². The second kappa shape index (κ2) is 8.40. The van der Waals surface area contributed by atoms with Crippen LogP contribution in [0.5, 0.6) is 5.88 Å². The topological polar surface area (TPSA) is 97.3 Å². The molecule has 1 aromatic carbocycles. The summed E-state index contributed by atoms with van der Waals surface area (Å²) in [4.78, 5) is 11.9. The number of anilines is 1. The minimum atomic E-state index is -4.81. The zero-order valence-electron chi connectivity index (χ0n) is 16.0. The van der Waals surface area contributed by atoms with Crippen LogP contribution in [0.4, 0.5) is 19.0 Å². The molecule has 0 spiro atoms. The highest BCUT2D eigenvalue weighted by Crippen LogP contribution is 2.38. The second-order valence-electron chi connectivity index (χ2n) is 6.21. The van der Waals surface area contributed by atoms with Gasteiger partial charge in [-0.3, -0.25) is 4.98 Å². The van der Waals surface area contributed by atoms with E-state index in [2.05, 4.69) is 19.7 Å². The van der Waals surface area contributed by atoms with Gasteiger partial charge in [0.05, 0.1) is 11.0 Å². The Hall–Kier alpha value is -2.99. The standard InChI is InChI=1S/C18H18F3N5O3S/c1-3-26(2)30(27,28)25-16-17(24-14-9-5-4-8-13(14)23-16)29-15(18(19,20)21)12-7-6-10-22-11-12/h4-11,15H,3H2,1-2H3,(H,23,25). The van der Waals surface area contributed by atoms with Crippen LogP contribution < -0.4 is 9.46 Å². The van der Waals surface area contributed by atoms with Crippen molar-refractivity contribution in [2.45, 2.75) is 19.2 Å². The maximum Gasteiger partial charge on any atom is 0.429 e. The summed E-state index contributed by atoms with van der Waals surface area (Å²) >= 11 is 0. The van der Waals surface area contributed by atoms with Crippen LogP contribution in [0.3, 0.4) is 0 Å². The number of hydrogen-bond donors (Lipinski definition) is 1. The third-order valence-corrected chi connectivity index (χ3v) is 5.66. The summed E-state index contributed by atoms with van der Waals surface area (Å²) in [5, 5.41) is 0. The molecule has 30 heavy (non-hydrogen) atoms. The van der Waals surface area contributed by atoms with Crippen molar-refractivity contribution in [3.8, 4) is 5.88 Å². The predicted molar refractivity (Wildman–Crippen MR) is 104 cm³/mol. The van der Waals surface area contributed by atoms with E-state index in [9.17, 15) is 21.6 Å². The van der Waals surface area contributed by atoms with Crippen LogP contribution in [0.25, 0.3) is 11.0 Å². The Morgan fingerprint density at radius 3 is 2.37 bits per heavy atom. The first-order chi connectivity index (χ1) is 14.1. The lowest BCUT2D eigenvalue weighted by Crippen LogP contribution is -2.33. The van der Waals surface area contributed by atoms with Crippen LogP contribution in [0.1, 0.15) is 18.6 Å². The molecule has 8 nitrogen and oxygen atoms in total. The molecule has 0 aliphatic carbocycles. The fraction of sp³-hybridized carbons (Fsp3) is 0.278. The van der Waals surface area contributed by atoms with Gasteiger partial charge in [-0.25, -0.2) is 14.7 Å². The van der Waals surface area contributed by atoms with Crippen molar-refractivity contribution in [2.24, 2.45) is 0 Å². The Balaban J connectivity index is 2.10. The third kappa shape index (κ3) is 4.76. The molecule has 2 aromatic heterocycles. The Kier molecular flexibility index (Phi) is 6.08. The second-order valence-corrected chi connectivity index (χ2v) is 7.99. The molecular formula is C18H18F3N5O3S. The monoisotopic (exact) mass is 441 g/mol. The zero-order valence-corrected chi connectivity index (χ0v) is 16.8. The minimum absolute atomic E-state index is 0.132. The molecule has 1 atom stereocenters. The van der Waals surface area contributed by atoms with E-state index in [0.29, 0.717) is 0 Å². The number of halogens is 3.